The van der Waals surface area contributed by atoms with E-state index >= 15 is 0 Å². The van der Waals surface area contributed by atoms with Crippen molar-refractivity contribution in [2.75, 3.05) is 13.1 Å². The first-order valence-corrected chi connectivity index (χ1v) is 7.48. The van der Waals surface area contributed by atoms with E-state index in [0.29, 0.717) is 25.9 Å². The summed E-state index contributed by atoms with van der Waals surface area (Å²) in [5.41, 5.74) is 1.84. The molecule has 0 bridgehead atoms. The minimum atomic E-state index is -0.761. The van der Waals surface area contributed by atoms with Gasteiger partial charge in [-0.3, -0.25) is 9.59 Å². The number of nitrogens with zero attached hydrogens (tertiary/aromatic N) is 3. The van der Waals surface area contributed by atoms with Gasteiger partial charge in [0.25, 0.3) is 0 Å². The highest BCUT2D eigenvalue weighted by Gasteiger charge is 2.27. The van der Waals surface area contributed by atoms with Crippen LogP contribution < -0.4 is 0 Å². The zero-order chi connectivity index (χ0) is 15.7. The number of carboxylic acid groups (broad SMARTS) is 1. The number of para-hydroxylation sites is 2. The number of likely N-dealkylation sites (tertiary alicyclic amines) is 1. The van der Waals surface area contributed by atoms with Crippen molar-refractivity contribution in [3.63, 3.8) is 0 Å². The van der Waals surface area contributed by atoms with Crippen molar-refractivity contribution in [3.8, 4) is 0 Å². The third-order valence-corrected chi connectivity index (χ3v) is 4.34. The van der Waals surface area contributed by atoms with E-state index in [4.69, 9.17) is 5.11 Å². The number of aryl methyl sites for hydroxylation is 1. The molecule has 0 atom stereocenters. The summed E-state index contributed by atoms with van der Waals surface area (Å²) in [6.07, 6.45) is 1.06. The lowest BCUT2D eigenvalue weighted by Crippen LogP contribution is -2.41. The molecule has 1 aliphatic rings. The molecule has 6 heteroatoms. The summed E-state index contributed by atoms with van der Waals surface area (Å²) in [5.74, 6) is -0.242. The molecule has 1 aromatic heterocycles. The number of carboxylic acids is 1. The molecule has 2 heterocycles. The SMILES string of the molecule is Cc1nc2ccccc2n1CC(=O)N1CCC(C(=O)O)CC1. The van der Waals surface area contributed by atoms with Gasteiger partial charge < -0.3 is 14.6 Å². The van der Waals surface area contributed by atoms with Gasteiger partial charge in [-0.25, -0.2) is 4.98 Å². The average molecular weight is 301 g/mol. The maximum atomic E-state index is 12.5. The second-order valence-electron chi connectivity index (χ2n) is 5.73. The standard InChI is InChI=1S/C16H19N3O3/c1-11-17-13-4-2-3-5-14(13)19(11)10-15(20)18-8-6-12(7-9-18)16(21)22/h2-5,12H,6-10H2,1H3,(H,21,22). The zero-order valence-corrected chi connectivity index (χ0v) is 12.5. The highest BCUT2D eigenvalue weighted by Crippen LogP contribution is 2.19. The number of rotatable bonds is 3. The number of carbonyl (C=O) groups is 2. The molecule has 22 heavy (non-hydrogen) atoms. The van der Waals surface area contributed by atoms with E-state index in [1.807, 2.05) is 35.8 Å². The molecule has 0 unspecified atom stereocenters. The van der Waals surface area contributed by atoms with Crippen molar-refractivity contribution in [1.29, 1.82) is 0 Å². The van der Waals surface area contributed by atoms with Crippen LogP contribution in [0.25, 0.3) is 11.0 Å². The summed E-state index contributed by atoms with van der Waals surface area (Å²) in [6.45, 7) is 3.18. The fourth-order valence-electron chi connectivity index (χ4n) is 3.01. The molecule has 1 N–H and O–H groups in total. The fraction of sp³-hybridized carbons (Fsp3) is 0.438. The molecule has 1 aromatic carbocycles. The molecule has 0 aliphatic carbocycles. The van der Waals surface area contributed by atoms with Crippen molar-refractivity contribution in [2.45, 2.75) is 26.3 Å². The number of benzene rings is 1. The van der Waals surface area contributed by atoms with E-state index in [1.165, 1.54) is 0 Å². The maximum Gasteiger partial charge on any atom is 0.306 e. The molecule has 0 saturated carbocycles. The average Bonchev–Trinajstić information content (AvgIpc) is 2.83. The Morgan fingerprint density at radius 1 is 1.27 bits per heavy atom. The van der Waals surface area contributed by atoms with E-state index in [1.54, 1.807) is 4.90 Å². The summed E-state index contributed by atoms with van der Waals surface area (Å²) in [7, 11) is 0. The topological polar surface area (TPSA) is 75.4 Å². The Morgan fingerprint density at radius 3 is 2.64 bits per heavy atom. The number of aliphatic carboxylic acids is 1. The molecule has 3 rings (SSSR count). The lowest BCUT2D eigenvalue weighted by atomic mass is 9.97. The van der Waals surface area contributed by atoms with Gasteiger partial charge in [0.2, 0.25) is 5.91 Å². The number of aromatic nitrogens is 2. The van der Waals surface area contributed by atoms with Crippen LogP contribution in [0, 0.1) is 12.8 Å². The van der Waals surface area contributed by atoms with Crippen LogP contribution in [0.15, 0.2) is 24.3 Å². The molecular weight excluding hydrogens is 282 g/mol. The Labute approximate surface area is 128 Å². The molecule has 116 valence electrons. The second-order valence-corrected chi connectivity index (χ2v) is 5.73. The van der Waals surface area contributed by atoms with Gasteiger partial charge in [-0.05, 0) is 31.9 Å². The number of imidazole rings is 1. The summed E-state index contributed by atoms with van der Waals surface area (Å²) in [5, 5.41) is 9.01. The highest BCUT2D eigenvalue weighted by molar-refractivity contribution is 5.81. The first-order chi connectivity index (χ1) is 10.6. The monoisotopic (exact) mass is 301 g/mol. The van der Waals surface area contributed by atoms with Gasteiger partial charge in [0, 0.05) is 13.1 Å². The molecule has 2 aromatic rings. The van der Waals surface area contributed by atoms with Crippen LogP contribution in [0.5, 0.6) is 0 Å². The van der Waals surface area contributed by atoms with Crippen molar-refractivity contribution in [2.24, 2.45) is 5.92 Å². The van der Waals surface area contributed by atoms with Crippen LogP contribution in [0.1, 0.15) is 18.7 Å². The maximum absolute atomic E-state index is 12.5. The Hall–Kier alpha value is -2.37. The Kier molecular flexibility index (Phi) is 3.83. The van der Waals surface area contributed by atoms with Gasteiger partial charge in [0.05, 0.1) is 17.0 Å². The molecular formula is C16H19N3O3. The molecule has 1 fully saturated rings. The highest BCUT2D eigenvalue weighted by atomic mass is 16.4. The summed E-state index contributed by atoms with van der Waals surface area (Å²) in [4.78, 5) is 29.6. The number of piperidine rings is 1. The van der Waals surface area contributed by atoms with E-state index < -0.39 is 5.97 Å². The third kappa shape index (κ3) is 2.68. The van der Waals surface area contributed by atoms with Crippen LogP contribution in [-0.2, 0) is 16.1 Å². The predicted molar refractivity (Wildman–Crippen MR) is 81.4 cm³/mol. The van der Waals surface area contributed by atoms with Crippen LogP contribution >= 0.6 is 0 Å². The minimum absolute atomic E-state index is 0.0232. The molecule has 6 nitrogen and oxygen atoms in total. The van der Waals surface area contributed by atoms with Crippen molar-refractivity contribution >= 4 is 22.9 Å². The van der Waals surface area contributed by atoms with Crippen molar-refractivity contribution < 1.29 is 14.7 Å². The second kappa shape index (κ2) is 5.79. The molecule has 1 aliphatic heterocycles. The number of hydrogen-bond donors (Lipinski definition) is 1. The fourth-order valence-corrected chi connectivity index (χ4v) is 3.01. The summed E-state index contributed by atoms with van der Waals surface area (Å²) >= 11 is 0. The first-order valence-electron chi connectivity index (χ1n) is 7.48. The van der Waals surface area contributed by atoms with Crippen LogP contribution in [-0.4, -0.2) is 44.5 Å². The van der Waals surface area contributed by atoms with Crippen molar-refractivity contribution in [1.82, 2.24) is 14.5 Å². The van der Waals surface area contributed by atoms with Gasteiger partial charge in [0.15, 0.2) is 0 Å². The van der Waals surface area contributed by atoms with Gasteiger partial charge in [-0.2, -0.15) is 0 Å². The Balaban J connectivity index is 1.72. The van der Waals surface area contributed by atoms with Gasteiger partial charge in [0.1, 0.15) is 12.4 Å². The lowest BCUT2D eigenvalue weighted by molar-refractivity contribution is -0.145. The van der Waals surface area contributed by atoms with Crippen molar-refractivity contribution in [3.05, 3.63) is 30.1 Å². The molecule has 0 radical (unpaired) electrons. The first kappa shape index (κ1) is 14.6. The third-order valence-electron chi connectivity index (χ3n) is 4.34. The van der Waals surface area contributed by atoms with Gasteiger partial charge >= 0.3 is 5.97 Å². The number of amides is 1. The predicted octanol–water partition coefficient (Wildman–Crippen LogP) is 1.67. The van der Waals surface area contributed by atoms with Gasteiger partial charge in [-0.15, -0.1) is 0 Å². The minimum Gasteiger partial charge on any atom is -0.481 e. The van der Waals surface area contributed by atoms with Crippen LogP contribution in [0.2, 0.25) is 0 Å². The normalized spacial score (nSPS) is 16.1. The molecule has 1 saturated heterocycles. The largest absolute Gasteiger partial charge is 0.481 e. The zero-order valence-electron chi connectivity index (χ0n) is 12.5. The number of fused-ring (bicyclic) bond motifs is 1. The van der Waals surface area contributed by atoms with Gasteiger partial charge in [-0.1, -0.05) is 12.1 Å². The van der Waals surface area contributed by atoms with Crippen LogP contribution in [0.3, 0.4) is 0 Å². The Bertz CT molecular complexity index is 714. The molecule has 0 spiro atoms. The summed E-state index contributed by atoms with van der Waals surface area (Å²) in [6, 6.07) is 7.75. The van der Waals surface area contributed by atoms with E-state index in [9.17, 15) is 9.59 Å². The van der Waals surface area contributed by atoms with E-state index in [2.05, 4.69) is 4.98 Å². The quantitative estimate of drug-likeness (QED) is 0.935. The Morgan fingerprint density at radius 2 is 1.95 bits per heavy atom. The number of carbonyl (C=O) groups excluding carboxylic acids is 1. The summed E-state index contributed by atoms with van der Waals surface area (Å²) < 4.78 is 1.92. The lowest BCUT2D eigenvalue weighted by Gasteiger charge is -2.30. The van der Waals surface area contributed by atoms with Crippen LogP contribution in [0.4, 0.5) is 0 Å². The number of hydrogen-bond acceptors (Lipinski definition) is 3. The smallest absolute Gasteiger partial charge is 0.306 e. The molecule has 1 amide bonds. The van der Waals surface area contributed by atoms with E-state index in [-0.39, 0.29) is 18.4 Å². The van der Waals surface area contributed by atoms with E-state index in [0.717, 1.165) is 16.9 Å².